The van der Waals surface area contributed by atoms with Crippen molar-refractivity contribution in [1.82, 2.24) is 10.6 Å². The van der Waals surface area contributed by atoms with E-state index in [9.17, 15) is 9.59 Å². The first kappa shape index (κ1) is 32.1. The van der Waals surface area contributed by atoms with Crippen molar-refractivity contribution in [2.45, 2.75) is 52.3 Å². The number of nitrogens with one attached hydrogen (secondary N) is 2. The summed E-state index contributed by atoms with van der Waals surface area (Å²) in [6.45, 7) is 11.6. The summed E-state index contributed by atoms with van der Waals surface area (Å²) in [6, 6.07) is 11.8. The van der Waals surface area contributed by atoms with E-state index >= 15 is 0 Å². The van der Waals surface area contributed by atoms with Gasteiger partial charge in [-0.2, -0.15) is 0 Å². The molecule has 2 amide bonds. The molecule has 1 heterocycles. The maximum atomic E-state index is 13.2. The second-order valence-electron chi connectivity index (χ2n) is 10.1. The SMILES string of the molecule is C=C1\C=C/C=C(Br)\C(C)=N\C(c2ccc(C[C@@H](CNC(=O)[C@H](C)N)NC(=O)c3ccc(OC(C)C)c(Cl)c3)cc2)=C/1. The molecule has 1 aliphatic heterocycles. The Hall–Kier alpha value is -3.46. The molecule has 2 aromatic rings. The van der Waals surface area contributed by atoms with Crippen molar-refractivity contribution in [3.8, 4) is 5.75 Å². The smallest absolute Gasteiger partial charge is 0.251 e. The summed E-state index contributed by atoms with van der Waals surface area (Å²) in [6.07, 6.45) is 8.14. The summed E-state index contributed by atoms with van der Waals surface area (Å²) < 4.78 is 6.56. The van der Waals surface area contributed by atoms with Crippen LogP contribution >= 0.6 is 27.5 Å². The molecule has 0 unspecified atom stereocenters. The van der Waals surface area contributed by atoms with Crippen molar-refractivity contribution in [1.29, 1.82) is 0 Å². The van der Waals surface area contributed by atoms with E-state index in [2.05, 4.69) is 33.1 Å². The molecule has 0 aromatic heterocycles. The van der Waals surface area contributed by atoms with Crippen molar-refractivity contribution < 1.29 is 14.3 Å². The van der Waals surface area contributed by atoms with E-state index in [4.69, 9.17) is 27.1 Å². The van der Waals surface area contributed by atoms with Crippen LogP contribution in [0.2, 0.25) is 5.02 Å². The molecule has 4 N–H and O–H groups in total. The van der Waals surface area contributed by atoms with Crippen LogP contribution in [0.3, 0.4) is 0 Å². The van der Waals surface area contributed by atoms with Crippen LogP contribution in [0.15, 0.2) is 88.4 Å². The third kappa shape index (κ3) is 9.85. The van der Waals surface area contributed by atoms with Gasteiger partial charge in [-0.05, 0) is 91.5 Å². The van der Waals surface area contributed by atoms with E-state index in [-0.39, 0.29) is 24.5 Å². The van der Waals surface area contributed by atoms with Crippen LogP contribution in [-0.2, 0) is 11.2 Å². The molecule has 9 heteroatoms. The highest BCUT2D eigenvalue weighted by Gasteiger charge is 2.18. The number of allylic oxidation sites excluding steroid dienone is 6. The van der Waals surface area contributed by atoms with Crippen molar-refractivity contribution in [2.75, 3.05) is 6.54 Å². The van der Waals surface area contributed by atoms with Gasteiger partial charge in [0.05, 0.1) is 34.6 Å². The lowest BCUT2D eigenvalue weighted by atomic mass is 10.0. The second-order valence-corrected chi connectivity index (χ2v) is 11.4. The Morgan fingerprint density at radius 3 is 2.49 bits per heavy atom. The number of halogens is 2. The Balaban J connectivity index is 1.80. The molecule has 0 aliphatic carbocycles. The van der Waals surface area contributed by atoms with E-state index in [1.165, 1.54) is 0 Å². The molecular formula is C32H36BrClN4O3. The summed E-state index contributed by atoms with van der Waals surface area (Å²) >= 11 is 9.91. The zero-order valence-electron chi connectivity index (χ0n) is 23.7. The van der Waals surface area contributed by atoms with E-state index in [1.54, 1.807) is 25.1 Å². The number of ether oxygens (including phenoxy) is 1. The lowest BCUT2D eigenvalue weighted by Gasteiger charge is -2.21. The molecule has 0 saturated carbocycles. The minimum Gasteiger partial charge on any atom is -0.489 e. The second kappa shape index (κ2) is 15.0. The number of amides is 2. The Labute approximate surface area is 255 Å². The topological polar surface area (TPSA) is 106 Å². The van der Waals surface area contributed by atoms with Crippen molar-refractivity contribution in [3.63, 3.8) is 0 Å². The van der Waals surface area contributed by atoms with Crippen LogP contribution in [0.1, 0.15) is 49.2 Å². The fourth-order valence-corrected chi connectivity index (χ4v) is 4.40. The first-order valence-electron chi connectivity index (χ1n) is 13.3. The number of nitrogens with zero attached hydrogens (tertiary/aromatic N) is 1. The number of carbonyl (C=O) groups excluding carboxylic acids is 2. The monoisotopic (exact) mass is 638 g/mol. The lowest BCUT2D eigenvalue weighted by molar-refractivity contribution is -0.122. The summed E-state index contributed by atoms with van der Waals surface area (Å²) in [5, 5.41) is 6.19. The first-order chi connectivity index (χ1) is 19.4. The molecule has 0 fully saturated rings. The third-order valence-corrected chi connectivity index (χ3v) is 7.20. The quantitative estimate of drug-likeness (QED) is 0.291. The van der Waals surface area contributed by atoms with E-state index < -0.39 is 12.1 Å². The number of aliphatic imine (C=N–C) groups is 1. The fourth-order valence-electron chi connectivity index (χ4n) is 3.93. The van der Waals surface area contributed by atoms with E-state index in [0.717, 1.165) is 32.6 Å². The number of rotatable bonds is 10. The number of carbonyl (C=O) groups is 2. The molecule has 0 radical (unpaired) electrons. The molecule has 0 bridgehead atoms. The van der Waals surface area contributed by atoms with E-state index in [0.29, 0.717) is 22.8 Å². The minimum atomic E-state index is -0.664. The predicted octanol–water partition coefficient (Wildman–Crippen LogP) is 6.14. The van der Waals surface area contributed by atoms with E-state index in [1.807, 2.05) is 69.3 Å². The molecule has 2 atom stereocenters. The van der Waals surface area contributed by atoms with Crippen LogP contribution in [0.25, 0.3) is 5.70 Å². The van der Waals surface area contributed by atoms with Gasteiger partial charge in [-0.3, -0.25) is 14.6 Å². The fraction of sp³-hybridized carbons (Fsp3) is 0.281. The lowest BCUT2D eigenvalue weighted by Crippen LogP contribution is -2.48. The molecule has 7 nitrogen and oxygen atoms in total. The number of hydrogen-bond acceptors (Lipinski definition) is 5. The molecule has 41 heavy (non-hydrogen) atoms. The number of benzene rings is 2. The normalized spacial score (nSPS) is 19.6. The third-order valence-electron chi connectivity index (χ3n) is 6.07. The van der Waals surface area contributed by atoms with Crippen LogP contribution < -0.4 is 21.1 Å². The molecule has 1 aliphatic rings. The molecule has 2 aromatic carbocycles. The van der Waals surface area contributed by atoms with Gasteiger partial charge in [-0.25, -0.2) is 0 Å². The highest BCUT2D eigenvalue weighted by molar-refractivity contribution is 9.12. The van der Waals surface area contributed by atoms with Crippen molar-refractivity contribution in [3.05, 3.63) is 105 Å². The van der Waals surface area contributed by atoms with Gasteiger partial charge in [0, 0.05) is 22.2 Å². The van der Waals surface area contributed by atoms with Crippen LogP contribution in [0, 0.1) is 0 Å². The number of nitrogens with two attached hydrogens (primary N) is 1. The molecule has 216 valence electrons. The summed E-state index contributed by atoms with van der Waals surface area (Å²) in [4.78, 5) is 30.1. The highest BCUT2D eigenvalue weighted by atomic mass is 79.9. The average molecular weight is 640 g/mol. The average Bonchev–Trinajstić information content (AvgIpc) is 2.97. The Morgan fingerprint density at radius 2 is 1.85 bits per heavy atom. The Kier molecular flexibility index (Phi) is 11.7. The zero-order chi connectivity index (χ0) is 30.1. The van der Waals surface area contributed by atoms with Gasteiger partial charge in [-0.15, -0.1) is 0 Å². The predicted molar refractivity (Wildman–Crippen MR) is 172 cm³/mol. The summed E-state index contributed by atoms with van der Waals surface area (Å²) in [5.74, 6) is -0.102. The van der Waals surface area contributed by atoms with Gasteiger partial charge in [0.1, 0.15) is 5.75 Å². The van der Waals surface area contributed by atoms with Gasteiger partial charge in [0.25, 0.3) is 5.91 Å². The molecule has 0 spiro atoms. The van der Waals surface area contributed by atoms with Gasteiger partial charge in [0.2, 0.25) is 5.91 Å². The van der Waals surface area contributed by atoms with Gasteiger partial charge in [0.15, 0.2) is 0 Å². The first-order valence-corrected chi connectivity index (χ1v) is 14.5. The molecular weight excluding hydrogens is 604 g/mol. The minimum absolute atomic E-state index is 0.0467. The maximum Gasteiger partial charge on any atom is 0.251 e. The van der Waals surface area contributed by atoms with Crippen molar-refractivity contribution in [2.24, 2.45) is 10.7 Å². The number of hydrogen-bond donors (Lipinski definition) is 3. The highest BCUT2D eigenvalue weighted by Crippen LogP contribution is 2.27. The maximum absolute atomic E-state index is 13.2. The van der Waals surface area contributed by atoms with Gasteiger partial charge < -0.3 is 21.1 Å². The Morgan fingerprint density at radius 1 is 1.15 bits per heavy atom. The zero-order valence-corrected chi connectivity index (χ0v) is 26.1. The molecule has 3 rings (SSSR count). The largest absolute Gasteiger partial charge is 0.489 e. The van der Waals surface area contributed by atoms with Crippen LogP contribution in [0.4, 0.5) is 0 Å². The van der Waals surface area contributed by atoms with Crippen molar-refractivity contribution >= 4 is 50.8 Å². The summed E-state index contributed by atoms with van der Waals surface area (Å²) in [5.41, 5.74) is 10.5. The Bertz CT molecular complexity index is 1410. The van der Waals surface area contributed by atoms with Crippen LogP contribution in [0.5, 0.6) is 5.75 Å². The molecule has 0 saturated heterocycles. The standard InChI is InChI=1S/C32H36BrClN4O3/c1-19(2)41-30-14-13-25(17-28(30)34)32(40)38-26(18-36-31(39)21(4)35)16-23-9-11-24(12-10-23)29-15-20(3)7-6-8-27(33)22(5)37-29/h6-15,17,19,21,26H,3,16,18,35H2,1-2,4-5H3,(H,36,39)(H,38,40)/b7-6-,27-8+,29-15-,37-22+/t21-,26-/m0/s1. The van der Waals surface area contributed by atoms with Gasteiger partial charge >= 0.3 is 0 Å². The van der Waals surface area contributed by atoms with Gasteiger partial charge in [-0.1, -0.05) is 54.6 Å². The van der Waals surface area contributed by atoms with Crippen LogP contribution in [-0.4, -0.2) is 42.3 Å². The summed E-state index contributed by atoms with van der Waals surface area (Å²) in [7, 11) is 0.